The van der Waals surface area contributed by atoms with Gasteiger partial charge < -0.3 is 9.05 Å². The summed E-state index contributed by atoms with van der Waals surface area (Å²) < 4.78 is 12.6. The van der Waals surface area contributed by atoms with E-state index in [2.05, 4.69) is 46.2 Å². The van der Waals surface area contributed by atoms with Crippen LogP contribution in [-0.4, -0.2) is 30.1 Å². The zero-order valence-corrected chi connectivity index (χ0v) is 19.1. The summed E-state index contributed by atoms with van der Waals surface area (Å²) in [6.45, 7) is 6.39. The minimum Gasteiger partial charge on any atom is -0.339 e. The lowest BCUT2D eigenvalue weighted by atomic mass is 9.92. The predicted molar refractivity (Wildman–Crippen MR) is 124 cm³/mol. The molecule has 3 heterocycles. The second-order valence-corrected chi connectivity index (χ2v) is 9.34. The summed E-state index contributed by atoms with van der Waals surface area (Å²) in [7, 11) is 0. The van der Waals surface area contributed by atoms with Crippen LogP contribution in [0.2, 0.25) is 5.02 Å². The number of hydrogen-bond acceptors (Lipinski definition) is 7. The summed E-state index contributed by atoms with van der Waals surface area (Å²) in [4.78, 5) is 9.07. The molecule has 0 saturated carbocycles. The number of hydrogen-bond donors (Lipinski definition) is 0. The first kappa shape index (κ1) is 21.1. The largest absolute Gasteiger partial charge is 0.339 e. The number of rotatable bonds is 5. The van der Waals surface area contributed by atoms with E-state index in [1.807, 2.05) is 54.7 Å². The maximum atomic E-state index is 6.08. The Morgan fingerprint density at radius 3 is 2.45 bits per heavy atom. The lowest BCUT2D eigenvalue weighted by Gasteiger charge is -2.13. The van der Waals surface area contributed by atoms with Gasteiger partial charge in [-0.1, -0.05) is 60.9 Å². The first-order valence-corrected chi connectivity index (χ1v) is 10.8. The predicted octanol–water partition coefficient (Wildman–Crippen LogP) is 5.88. The molecule has 8 nitrogen and oxygen atoms in total. The summed E-state index contributed by atoms with van der Waals surface area (Å²) in [6, 6.07) is 15.0. The van der Waals surface area contributed by atoms with Gasteiger partial charge in [0.25, 0.3) is 5.89 Å². The van der Waals surface area contributed by atoms with Crippen molar-refractivity contribution in [3.05, 3.63) is 71.8 Å². The van der Waals surface area contributed by atoms with E-state index in [0.717, 1.165) is 22.4 Å². The topological polar surface area (TPSA) is 95.7 Å². The van der Waals surface area contributed by atoms with Crippen molar-refractivity contribution < 1.29 is 9.05 Å². The molecule has 0 unspecified atom stereocenters. The van der Waals surface area contributed by atoms with Crippen molar-refractivity contribution in [1.29, 1.82) is 0 Å². The molecule has 0 aliphatic heterocycles. The van der Waals surface area contributed by atoms with Crippen molar-refractivity contribution in [2.45, 2.75) is 27.2 Å². The summed E-state index contributed by atoms with van der Waals surface area (Å²) in [5.41, 5.74) is 3.20. The van der Waals surface area contributed by atoms with Crippen molar-refractivity contribution in [1.82, 2.24) is 30.1 Å². The van der Waals surface area contributed by atoms with Gasteiger partial charge in [0.15, 0.2) is 0 Å². The van der Waals surface area contributed by atoms with Gasteiger partial charge in [-0.15, -0.1) is 0 Å². The molecule has 0 bridgehead atoms. The van der Waals surface area contributed by atoms with Gasteiger partial charge in [-0.3, -0.25) is 0 Å². The fourth-order valence-electron chi connectivity index (χ4n) is 3.35. The van der Waals surface area contributed by atoms with Crippen molar-refractivity contribution in [2.24, 2.45) is 5.41 Å². The number of benzene rings is 2. The highest BCUT2D eigenvalue weighted by atomic mass is 35.5. The van der Waals surface area contributed by atoms with Gasteiger partial charge in [-0.25, -0.2) is 4.68 Å². The molecule has 3 aromatic heterocycles. The highest BCUT2D eigenvalue weighted by Gasteiger charge is 2.18. The van der Waals surface area contributed by atoms with Crippen LogP contribution >= 0.6 is 11.6 Å². The molecule has 0 aliphatic carbocycles. The van der Waals surface area contributed by atoms with Gasteiger partial charge in [0.05, 0.1) is 17.4 Å². The average molecular weight is 461 g/mol. The van der Waals surface area contributed by atoms with Crippen LogP contribution in [0.1, 0.15) is 26.7 Å². The third kappa shape index (κ3) is 4.70. The van der Waals surface area contributed by atoms with Crippen LogP contribution < -0.4 is 0 Å². The molecule has 0 radical (unpaired) electrons. The molecule has 2 aromatic carbocycles. The van der Waals surface area contributed by atoms with Crippen LogP contribution in [0.4, 0.5) is 0 Å². The quantitative estimate of drug-likeness (QED) is 0.323. The van der Waals surface area contributed by atoms with E-state index in [1.54, 1.807) is 10.9 Å². The van der Waals surface area contributed by atoms with Crippen molar-refractivity contribution in [3.8, 4) is 39.9 Å². The highest BCUT2D eigenvalue weighted by Crippen LogP contribution is 2.27. The number of halogens is 1. The number of nitrogens with zero attached hydrogens (tertiary/aromatic N) is 6. The van der Waals surface area contributed by atoms with E-state index in [-0.39, 0.29) is 5.41 Å². The minimum atomic E-state index is 0.0619. The van der Waals surface area contributed by atoms with Crippen LogP contribution in [0, 0.1) is 5.41 Å². The van der Waals surface area contributed by atoms with Gasteiger partial charge in [0.1, 0.15) is 0 Å². The zero-order chi connectivity index (χ0) is 23.0. The Balaban J connectivity index is 1.39. The molecule has 33 heavy (non-hydrogen) atoms. The Morgan fingerprint density at radius 1 is 0.879 bits per heavy atom. The Hall–Kier alpha value is -3.78. The molecule has 0 saturated heterocycles. The molecule has 5 rings (SSSR count). The van der Waals surface area contributed by atoms with Gasteiger partial charge in [-0.2, -0.15) is 15.1 Å². The molecule has 0 spiro atoms. The minimum absolute atomic E-state index is 0.0619. The summed E-state index contributed by atoms with van der Waals surface area (Å²) >= 11 is 6.08. The second kappa shape index (κ2) is 8.29. The lowest BCUT2D eigenvalue weighted by molar-refractivity contribution is 0.314. The highest BCUT2D eigenvalue weighted by molar-refractivity contribution is 6.30. The van der Waals surface area contributed by atoms with Crippen molar-refractivity contribution >= 4 is 11.6 Å². The van der Waals surface area contributed by atoms with Gasteiger partial charge in [0.2, 0.25) is 17.5 Å². The van der Waals surface area contributed by atoms with Crippen LogP contribution in [-0.2, 0) is 6.42 Å². The molecule has 0 fully saturated rings. The van der Waals surface area contributed by atoms with Crippen LogP contribution in [0.25, 0.3) is 39.9 Å². The van der Waals surface area contributed by atoms with Gasteiger partial charge in [0, 0.05) is 28.8 Å². The second-order valence-electron chi connectivity index (χ2n) is 8.91. The van der Waals surface area contributed by atoms with E-state index < -0.39 is 0 Å². The van der Waals surface area contributed by atoms with Crippen LogP contribution in [0.15, 0.2) is 70.0 Å². The van der Waals surface area contributed by atoms with E-state index in [9.17, 15) is 0 Å². The third-order valence-corrected chi connectivity index (χ3v) is 5.09. The van der Waals surface area contributed by atoms with Crippen molar-refractivity contribution in [3.63, 3.8) is 0 Å². The maximum absolute atomic E-state index is 6.08. The molecule has 9 heteroatoms. The fraction of sp³-hybridized carbons (Fsp3) is 0.208. The SMILES string of the molecule is CC(C)(C)Cc1nc(-c2cccc(-c3nc(-c4cnn(-c5cccc(Cl)c5)c4)no3)c2)no1. The Morgan fingerprint density at radius 2 is 1.64 bits per heavy atom. The molecule has 0 atom stereocenters. The molecular weight excluding hydrogens is 440 g/mol. The molecule has 0 amide bonds. The standard InChI is InChI=1S/C24H21ClN6O2/c1-24(2,3)12-20-27-21(29-32-20)15-6-4-7-16(10-15)23-28-22(30-33-23)17-13-26-31(14-17)19-9-5-8-18(25)11-19/h4-11,13-14H,12H2,1-3H3. The fourth-order valence-corrected chi connectivity index (χ4v) is 3.53. The Bertz CT molecular complexity index is 1410. The molecular formula is C24H21ClN6O2. The first-order valence-electron chi connectivity index (χ1n) is 10.4. The van der Waals surface area contributed by atoms with Gasteiger partial charge >= 0.3 is 0 Å². The van der Waals surface area contributed by atoms with E-state index in [4.69, 9.17) is 20.6 Å². The first-order chi connectivity index (χ1) is 15.8. The molecule has 0 N–H and O–H groups in total. The molecule has 166 valence electrons. The lowest BCUT2D eigenvalue weighted by Crippen LogP contribution is -2.09. The number of aromatic nitrogens is 6. The zero-order valence-electron chi connectivity index (χ0n) is 18.4. The third-order valence-electron chi connectivity index (χ3n) is 4.86. The van der Waals surface area contributed by atoms with Crippen LogP contribution in [0.5, 0.6) is 0 Å². The Labute approximate surface area is 195 Å². The van der Waals surface area contributed by atoms with E-state index >= 15 is 0 Å². The summed E-state index contributed by atoms with van der Waals surface area (Å²) in [5.74, 6) is 1.97. The average Bonchev–Trinajstić information content (AvgIpc) is 3.53. The van der Waals surface area contributed by atoms with Gasteiger partial charge in [-0.05, 0) is 35.7 Å². The normalized spacial score (nSPS) is 11.8. The molecule has 0 aliphatic rings. The smallest absolute Gasteiger partial charge is 0.258 e. The molecule has 5 aromatic rings. The summed E-state index contributed by atoms with van der Waals surface area (Å²) in [6.07, 6.45) is 4.21. The van der Waals surface area contributed by atoms with Crippen molar-refractivity contribution in [2.75, 3.05) is 0 Å². The summed E-state index contributed by atoms with van der Waals surface area (Å²) in [5, 5.41) is 13.3. The van der Waals surface area contributed by atoms with E-state index in [0.29, 0.717) is 34.9 Å². The monoisotopic (exact) mass is 460 g/mol. The maximum Gasteiger partial charge on any atom is 0.258 e. The Kier molecular flexibility index (Phi) is 5.30. The van der Waals surface area contributed by atoms with E-state index in [1.165, 1.54) is 0 Å². The van der Waals surface area contributed by atoms with Crippen LogP contribution in [0.3, 0.4) is 0 Å².